The summed E-state index contributed by atoms with van der Waals surface area (Å²) in [5.41, 5.74) is 2.17. The summed E-state index contributed by atoms with van der Waals surface area (Å²) < 4.78 is 5.25. The molecule has 0 radical (unpaired) electrons. The zero-order valence-electron chi connectivity index (χ0n) is 12.5. The van der Waals surface area contributed by atoms with Crippen molar-refractivity contribution in [1.29, 1.82) is 0 Å². The molecule has 120 valence electrons. The van der Waals surface area contributed by atoms with Crippen molar-refractivity contribution in [3.63, 3.8) is 0 Å². The number of carboxylic acid groups (broad SMARTS) is 1. The van der Waals surface area contributed by atoms with E-state index in [0.717, 1.165) is 11.1 Å². The number of hydrogen-bond donors (Lipinski definition) is 2. The van der Waals surface area contributed by atoms with Gasteiger partial charge in [-0.1, -0.05) is 54.6 Å². The summed E-state index contributed by atoms with van der Waals surface area (Å²) in [5.74, 6) is -2.45. The van der Waals surface area contributed by atoms with Crippen molar-refractivity contribution in [2.75, 3.05) is 0 Å². The molecule has 0 aliphatic heterocycles. The molecule has 1 unspecified atom stereocenters. The van der Waals surface area contributed by atoms with Gasteiger partial charge in [-0.25, -0.2) is 0 Å². The van der Waals surface area contributed by atoms with Gasteiger partial charge in [0.05, 0.1) is 18.9 Å². The molecule has 2 aromatic rings. The maximum absolute atomic E-state index is 12.3. The molecule has 2 rings (SSSR count). The fraction of sp³-hybridized carbons (Fsp3) is 0.222. The van der Waals surface area contributed by atoms with Crippen molar-refractivity contribution in [1.82, 2.24) is 0 Å². The molecular formula is C18H18O5. The maximum atomic E-state index is 12.3. The number of carboxylic acids is 1. The first-order valence-electron chi connectivity index (χ1n) is 7.22. The van der Waals surface area contributed by atoms with E-state index in [1.165, 1.54) is 0 Å². The summed E-state index contributed by atoms with van der Waals surface area (Å²) in [5, 5.41) is 18.0. The van der Waals surface area contributed by atoms with Crippen LogP contribution in [0.3, 0.4) is 0 Å². The highest BCUT2D eigenvalue weighted by atomic mass is 16.5. The van der Waals surface area contributed by atoms with Crippen molar-refractivity contribution in [2.45, 2.75) is 25.6 Å². The van der Waals surface area contributed by atoms with E-state index in [9.17, 15) is 9.59 Å². The van der Waals surface area contributed by atoms with Crippen LogP contribution >= 0.6 is 0 Å². The molecule has 23 heavy (non-hydrogen) atoms. The van der Waals surface area contributed by atoms with Crippen molar-refractivity contribution >= 4 is 11.9 Å². The molecule has 0 amide bonds. The Morgan fingerprint density at radius 1 is 0.957 bits per heavy atom. The molecule has 0 aromatic heterocycles. The normalized spacial score (nSPS) is 11.7. The van der Waals surface area contributed by atoms with Crippen LogP contribution < -0.4 is 0 Å². The van der Waals surface area contributed by atoms with Crippen LogP contribution in [-0.2, 0) is 27.5 Å². The first-order valence-corrected chi connectivity index (χ1v) is 7.22. The molecule has 0 bridgehead atoms. The number of rotatable bonds is 7. The van der Waals surface area contributed by atoms with E-state index < -0.39 is 17.9 Å². The summed E-state index contributed by atoms with van der Waals surface area (Å²) in [7, 11) is 0. The lowest BCUT2D eigenvalue weighted by Crippen LogP contribution is -2.19. The lowest BCUT2D eigenvalue weighted by atomic mass is 9.96. The first-order chi connectivity index (χ1) is 11.1. The zero-order chi connectivity index (χ0) is 16.7. The van der Waals surface area contributed by atoms with Gasteiger partial charge in [-0.05, 0) is 16.7 Å². The van der Waals surface area contributed by atoms with Gasteiger partial charge in [0.1, 0.15) is 6.61 Å². The number of hydrogen-bond acceptors (Lipinski definition) is 4. The Labute approximate surface area is 134 Å². The third-order valence-corrected chi connectivity index (χ3v) is 3.45. The zero-order valence-corrected chi connectivity index (χ0v) is 12.5. The topological polar surface area (TPSA) is 83.8 Å². The summed E-state index contributed by atoms with van der Waals surface area (Å²) >= 11 is 0. The summed E-state index contributed by atoms with van der Waals surface area (Å²) in [6.45, 7) is 0.0161. The van der Waals surface area contributed by atoms with E-state index in [0.29, 0.717) is 5.56 Å². The van der Waals surface area contributed by atoms with Crippen LogP contribution in [0.4, 0.5) is 0 Å². The smallest absolute Gasteiger partial charge is 0.314 e. The number of aliphatic carboxylic acids is 1. The summed E-state index contributed by atoms with van der Waals surface area (Å²) in [6, 6.07) is 15.7. The molecule has 0 fully saturated rings. The lowest BCUT2D eigenvalue weighted by Gasteiger charge is -2.14. The number of carbonyl (C=O) groups excluding carboxylic acids is 1. The molecule has 0 aliphatic rings. The van der Waals surface area contributed by atoms with Gasteiger partial charge >= 0.3 is 11.9 Å². The van der Waals surface area contributed by atoms with E-state index in [1.807, 2.05) is 0 Å². The van der Waals surface area contributed by atoms with Gasteiger partial charge in [0, 0.05) is 0 Å². The second kappa shape index (κ2) is 8.10. The third kappa shape index (κ3) is 4.93. The van der Waals surface area contributed by atoms with Crippen LogP contribution in [0.25, 0.3) is 0 Å². The van der Waals surface area contributed by atoms with Gasteiger partial charge < -0.3 is 14.9 Å². The van der Waals surface area contributed by atoms with Crippen molar-refractivity contribution < 1.29 is 24.5 Å². The second-order valence-electron chi connectivity index (χ2n) is 5.14. The fourth-order valence-corrected chi connectivity index (χ4v) is 2.19. The molecule has 5 nitrogen and oxygen atoms in total. The SMILES string of the molecule is O=C(O)CC(C(=O)OCc1ccc(CO)cc1)c1ccccc1. The number of aliphatic hydroxyl groups excluding tert-OH is 1. The van der Waals surface area contributed by atoms with Crippen LogP contribution in [0.5, 0.6) is 0 Å². The minimum absolute atomic E-state index is 0.0469. The lowest BCUT2D eigenvalue weighted by molar-refractivity contribution is -0.150. The molecule has 0 spiro atoms. The summed E-state index contributed by atoms with van der Waals surface area (Å²) in [6.07, 6.45) is -0.313. The number of aliphatic hydroxyl groups is 1. The highest BCUT2D eigenvalue weighted by Gasteiger charge is 2.25. The molecule has 2 N–H and O–H groups in total. The Morgan fingerprint density at radius 2 is 1.57 bits per heavy atom. The molecule has 0 saturated carbocycles. The average Bonchev–Trinajstić information content (AvgIpc) is 2.58. The fourth-order valence-electron chi connectivity index (χ4n) is 2.19. The van der Waals surface area contributed by atoms with E-state index in [-0.39, 0.29) is 19.6 Å². The predicted molar refractivity (Wildman–Crippen MR) is 83.6 cm³/mol. The van der Waals surface area contributed by atoms with Crippen LogP contribution in [0, 0.1) is 0 Å². The van der Waals surface area contributed by atoms with Crippen LogP contribution in [-0.4, -0.2) is 22.2 Å². The monoisotopic (exact) mass is 314 g/mol. The average molecular weight is 314 g/mol. The Morgan fingerprint density at radius 3 is 2.13 bits per heavy atom. The summed E-state index contributed by atoms with van der Waals surface area (Å²) in [4.78, 5) is 23.3. The van der Waals surface area contributed by atoms with Crippen molar-refractivity contribution in [3.05, 3.63) is 71.3 Å². The molecule has 0 aliphatic carbocycles. The predicted octanol–water partition coefficient (Wildman–Crippen LogP) is 2.48. The highest BCUT2D eigenvalue weighted by Crippen LogP contribution is 2.22. The third-order valence-electron chi connectivity index (χ3n) is 3.45. The molecule has 0 saturated heterocycles. The van der Waals surface area contributed by atoms with Gasteiger partial charge in [0.15, 0.2) is 0 Å². The minimum Gasteiger partial charge on any atom is -0.481 e. The Hall–Kier alpha value is -2.66. The van der Waals surface area contributed by atoms with Gasteiger partial charge in [-0.3, -0.25) is 9.59 Å². The Bertz CT molecular complexity index is 649. The van der Waals surface area contributed by atoms with Gasteiger partial charge in [0.25, 0.3) is 0 Å². The number of esters is 1. The standard InChI is InChI=1S/C18H18O5/c19-11-13-6-8-14(9-7-13)12-23-18(22)16(10-17(20)21)15-4-2-1-3-5-15/h1-9,16,19H,10-12H2,(H,20,21). The molecule has 0 heterocycles. The van der Waals surface area contributed by atoms with E-state index >= 15 is 0 Å². The van der Waals surface area contributed by atoms with Gasteiger partial charge in [-0.15, -0.1) is 0 Å². The van der Waals surface area contributed by atoms with Gasteiger partial charge in [-0.2, -0.15) is 0 Å². The maximum Gasteiger partial charge on any atom is 0.314 e. The van der Waals surface area contributed by atoms with Crippen LogP contribution in [0.15, 0.2) is 54.6 Å². The van der Waals surface area contributed by atoms with Crippen molar-refractivity contribution in [3.8, 4) is 0 Å². The van der Waals surface area contributed by atoms with Crippen LogP contribution in [0.1, 0.15) is 29.0 Å². The molecule has 1 atom stereocenters. The largest absolute Gasteiger partial charge is 0.481 e. The number of carbonyl (C=O) groups is 2. The first kappa shape index (κ1) is 16.7. The minimum atomic E-state index is -1.05. The van der Waals surface area contributed by atoms with E-state index in [2.05, 4.69) is 0 Å². The van der Waals surface area contributed by atoms with Crippen LogP contribution in [0.2, 0.25) is 0 Å². The quantitative estimate of drug-likeness (QED) is 0.767. The van der Waals surface area contributed by atoms with Crippen molar-refractivity contribution in [2.24, 2.45) is 0 Å². The second-order valence-corrected chi connectivity index (χ2v) is 5.14. The van der Waals surface area contributed by atoms with Gasteiger partial charge in [0.2, 0.25) is 0 Å². The van der Waals surface area contributed by atoms with E-state index in [1.54, 1.807) is 54.6 Å². The molecule has 5 heteroatoms. The number of benzene rings is 2. The molecular weight excluding hydrogens is 296 g/mol. The Balaban J connectivity index is 2.03. The van der Waals surface area contributed by atoms with E-state index in [4.69, 9.17) is 14.9 Å². The highest BCUT2D eigenvalue weighted by molar-refractivity contribution is 5.83. The number of ether oxygens (including phenoxy) is 1. The molecule has 2 aromatic carbocycles. The Kier molecular flexibility index (Phi) is 5.88.